The highest BCUT2D eigenvalue weighted by molar-refractivity contribution is 5.82. The number of rotatable bonds is 0. The summed E-state index contributed by atoms with van der Waals surface area (Å²) in [5.41, 5.74) is -0.865. The number of carbonyl (C=O) groups is 2. The van der Waals surface area contributed by atoms with Crippen molar-refractivity contribution in [1.82, 2.24) is 9.80 Å². The van der Waals surface area contributed by atoms with Crippen molar-refractivity contribution in [3.63, 3.8) is 0 Å². The number of carbonyl (C=O) groups excluding carboxylic acids is 2. The van der Waals surface area contributed by atoms with Crippen molar-refractivity contribution in [3.05, 3.63) is 0 Å². The zero-order chi connectivity index (χ0) is 17.4. The predicted molar refractivity (Wildman–Crippen MR) is 90.2 cm³/mol. The first-order valence-corrected chi connectivity index (χ1v) is 8.81. The Kier molecular flexibility index (Phi) is 4.97. The van der Waals surface area contributed by atoms with E-state index in [0.717, 1.165) is 38.8 Å². The number of nitrogens with zero attached hydrogens (tertiary/aromatic N) is 2. The van der Waals surface area contributed by atoms with Gasteiger partial charge in [-0.25, -0.2) is 4.79 Å². The Bertz CT molecular complexity index is 462. The molecule has 0 saturated carbocycles. The predicted octanol–water partition coefficient (Wildman–Crippen LogP) is 3.42. The van der Waals surface area contributed by atoms with Crippen molar-refractivity contribution in [2.24, 2.45) is 5.41 Å². The summed E-state index contributed by atoms with van der Waals surface area (Å²) in [5, 5.41) is 0. The second-order valence-corrected chi connectivity index (χ2v) is 8.84. The number of ether oxygens (including phenoxy) is 1. The van der Waals surface area contributed by atoms with Crippen molar-refractivity contribution in [2.45, 2.75) is 84.9 Å². The Hall–Kier alpha value is -1.26. The van der Waals surface area contributed by atoms with Crippen LogP contribution >= 0.6 is 0 Å². The molecule has 23 heavy (non-hydrogen) atoms. The average molecular weight is 324 g/mol. The number of hydrogen-bond donors (Lipinski definition) is 0. The van der Waals surface area contributed by atoms with E-state index >= 15 is 0 Å². The molecule has 0 bridgehead atoms. The molecule has 2 amide bonds. The molecule has 2 aliphatic rings. The molecule has 0 N–H and O–H groups in total. The highest BCUT2D eigenvalue weighted by atomic mass is 16.6. The van der Waals surface area contributed by atoms with Crippen LogP contribution in [0.2, 0.25) is 0 Å². The summed E-state index contributed by atoms with van der Waals surface area (Å²) in [7, 11) is 0. The van der Waals surface area contributed by atoms with Crippen molar-refractivity contribution in [3.8, 4) is 0 Å². The molecule has 0 aromatic heterocycles. The van der Waals surface area contributed by atoms with E-state index in [1.807, 2.05) is 51.3 Å². The molecule has 5 heteroatoms. The molecule has 0 radical (unpaired) electrons. The van der Waals surface area contributed by atoms with Crippen molar-refractivity contribution in [2.75, 3.05) is 13.1 Å². The summed E-state index contributed by atoms with van der Waals surface area (Å²) >= 11 is 0. The number of likely N-dealkylation sites (tertiary alicyclic amines) is 2. The molecule has 2 unspecified atom stereocenters. The van der Waals surface area contributed by atoms with Gasteiger partial charge in [0.1, 0.15) is 5.60 Å². The molecule has 0 aliphatic carbocycles. The molecule has 2 heterocycles. The largest absolute Gasteiger partial charge is 0.444 e. The van der Waals surface area contributed by atoms with Gasteiger partial charge in [-0.1, -0.05) is 20.8 Å². The molecule has 2 saturated heterocycles. The van der Waals surface area contributed by atoms with Gasteiger partial charge in [0.25, 0.3) is 0 Å². The topological polar surface area (TPSA) is 49.9 Å². The third-order valence-corrected chi connectivity index (χ3v) is 4.57. The summed E-state index contributed by atoms with van der Waals surface area (Å²) in [6.45, 7) is 13.1. The molecular formula is C18H32N2O3. The van der Waals surface area contributed by atoms with Gasteiger partial charge in [-0.2, -0.15) is 0 Å². The highest BCUT2D eigenvalue weighted by Gasteiger charge is 2.44. The lowest BCUT2D eigenvalue weighted by Gasteiger charge is -2.50. The fourth-order valence-corrected chi connectivity index (χ4v) is 3.62. The van der Waals surface area contributed by atoms with Gasteiger partial charge in [0, 0.05) is 18.5 Å². The molecule has 2 rings (SSSR count). The van der Waals surface area contributed by atoms with Crippen molar-refractivity contribution < 1.29 is 14.3 Å². The first-order valence-electron chi connectivity index (χ1n) is 8.81. The second-order valence-electron chi connectivity index (χ2n) is 8.84. The Labute approximate surface area is 140 Å². The highest BCUT2D eigenvalue weighted by Crippen LogP contribution is 2.33. The Morgan fingerprint density at radius 1 is 0.870 bits per heavy atom. The van der Waals surface area contributed by atoms with E-state index in [9.17, 15) is 9.59 Å². The van der Waals surface area contributed by atoms with E-state index in [4.69, 9.17) is 4.74 Å². The van der Waals surface area contributed by atoms with Crippen LogP contribution in [-0.2, 0) is 9.53 Å². The normalized spacial score (nSPS) is 25.8. The molecular weight excluding hydrogens is 292 g/mol. The van der Waals surface area contributed by atoms with E-state index in [1.54, 1.807) is 0 Å². The van der Waals surface area contributed by atoms with Gasteiger partial charge in [-0.15, -0.1) is 0 Å². The first-order chi connectivity index (χ1) is 10.5. The van der Waals surface area contributed by atoms with Gasteiger partial charge in [0.05, 0.1) is 12.1 Å². The second kappa shape index (κ2) is 6.33. The van der Waals surface area contributed by atoms with E-state index in [0.29, 0.717) is 0 Å². The number of fused-ring (bicyclic) bond motifs is 1. The van der Waals surface area contributed by atoms with E-state index in [1.165, 1.54) is 0 Å². The minimum Gasteiger partial charge on any atom is -0.444 e. The maximum Gasteiger partial charge on any atom is 0.410 e. The summed E-state index contributed by atoms with van der Waals surface area (Å²) in [4.78, 5) is 29.2. The van der Waals surface area contributed by atoms with E-state index in [2.05, 4.69) is 0 Å². The molecule has 2 aliphatic heterocycles. The van der Waals surface area contributed by atoms with Crippen LogP contribution in [0.4, 0.5) is 4.79 Å². The summed E-state index contributed by atoms with van der Waals surface area (Å²) in [6, 6.07) is 0.232. The smallest absolute Gasteiger partial charge is 0.410 e. The number of hydrogen-bond acceptors (Lipinski definition) is 3. The standard InChI is InChI=1S/C18H32N2O3/c1-17(2,3)15(21)19-11-7-10-14-13(19)9-8-12-20(14)16(22)23-18(4,5)6/h13-14H,7-12H2,1-6H3. The summed E-state index contributed by atoms with van der Waals surface area (Å²) < 4.78 is 5.57. The minimum absolute atomic E-state index is 0.0960. The summed E-state index contributed by atoms with van der Waals surface area (Å²) in [5.74, 6) is 0.193. The Morgan fingerprint density at radius 2 is 1.35 bits per heavy atom. The molecule has 2 atom stereocenters. The van der Waals surface area contributed by atoms with Crippen molar-refractivity contribution in [1.29, 1.82) is 0 Å². The van der Waals surface area contributed by atoms with E-state index in [-0.39, 0.29) is 29.5 Å². The van der Waals surface area contributed by atoms with Crippen LogP contribution in [0.15, 0.2) is 0 Å². The van der Waals surface area contributed by atoms with Gasteiger partial charge in [-0.05, 0) is 46.5 Å². The molecule has 0 aromatic rings. The average Bonchev–Trinajstić information content (AvgIpc) is 2.42. The SMILES string of the molecule is CC(C)(C)OC(=O)N1CCCC2C1CCCN2C(=O)C(C)(C)C. The van der Waals surface area contributed by atoms with Gasteiger partial charge < -0.3 is 14.5 Å². The lowest BCUT2D eigenvalue weighted by molar-refractivity contribution is -0.147. The minimum atomic E-state index is -0.486. The van der Waals surface area contributed by atoms with Gasteiger partial charge >= 0.3 is 6.09 Å². The number of amides is 2. The van der Waals surface area contributed by atoms with Crippen LogP contribution in [0.3, 0.4) is 0 Å². The maximum atomic E-state index is 12.8. The summed E-state index contributed by atoms with van der Waals surface area (Å²) in [6.07, 6.45) is 3.57. The Balaban J connectivity index is 2.16. The van der Waals surface area contributed by atoms with Gasteiger partial charge in [0.15, 0.2) is 0 Å². The lowest BCUT2D eigenvalue weighted by Crippen LogP contribution is -2.62. The Morgan fingerprint density at radius 3 is 1.83 bits per heavy atom. The third-order valence-electron chi connectivity index (χ3n) is 4.57. The lowest BCUT2D eigenvalue weighted by atomic mass is 9.85. The third kappa shape index (κ3) is 4.18. The van der Waals surface area contributed by atoms with Crippen molar-refractivity contribution >= 4 is 12.0 Å². The van der Waals surface area contributed by atoms with Crippen LogP contribution in [0.5, 0.6) is 0 Å². The maximum absolute atomic E-state index is 12.8. The van der Waals surface area contributed by atoms with Crippen LogP contribution in [-0.4, -0.2) is 52.6 Å². The molecule has 0 aromatic carbocycles. The molecule has 132 valence electrons. The fourth-order valence-electron chi connectivity index (χ4n) is 3.62. The molecule has 2 fully saturated rings. The monoisotopic (exact) mass is 324 g/mol. The van der Waals surface area contributed by atoms with Crippen LogP contribution < -0.4 is 0 Å². The first kappa shape index (κ1) is 18.1. The zero-order valence-electron chi connectivity index (χ0n) is 15.5. The number of piperidine rings is 2. The van der Waals surface area contributed by atoms with Crippen LogP contribution in [0, 0.1) is 5.41 Å². The quantitative estimate of drug-likeness (QED) is 0.686. The molecule has 0 spiro atoms. The molecule has 5 nitrogen and oxygen atoms in total. The van der Waals surface area contributed by atoms with Gasteiger partial charge in [-0.3, -0.25) is 4.79 Å². The zero-order valence-corrected chi connectivity index (χ0v) is 15.5. The van der Waals surface area contributed by atoms with Crippen LogP contribution in [0.25, 0.3) is 0 Å². The van der Waals surface area contributed by atoms with Gasteiger partial charge in [0.2, 0.25) is 5.91 Å². The van der Waals surface area contributed by atoms with E-state index < -0.39 is 5.60 Å². The fraction of sp³-hybridized carbons (Fsp3) is 0.889. The van der Waals surface area contributed by atoms with Crippen LogP contribution in [0.1, 0.15) is 67.2 Å².